The lowest BCUT2D eigenvalue weighted by Crippen LogP contribution is -2.53. The summed E-state index contributed by atoms with van der Waals surface area (Å²) in [5, 5.41) is 14.2. The number of aryl methyl sites for hydroxylation is 1. The molecule has 2 N–H and O–H groups in total. The minimum absolute atomic E-state index is 0.114. The molecule has 6 nitrogen and oxygen atoms in total. The van der Waals surface area contributed by atoms with Gasteiger partial charge >= 0.3 is 0 Å². The fraction of sp³-hybridized carbons (Fsp3) is 0.478. The SMILES string of the molecule is Cc1ccccc1[C@@H]1C(C#N)=C(N)N(N2CCOCC2)C2=C1C(=O)CC(C)(C)C2. The molecule has 1 fully saturated rings. The van der Waals surface area contributed by atoms with Gasteiger partial charge in [0.25, 0.3) is 0 Å². The molecule has 2 aliphatic heterocycles. The molecule has 1 aliphatic carbocycles. The predicted molar refractivity (Wildman–Crippen MR) is 110 cm³/mol. The van der Waals surface area contributed by atoms with Gasteiger partial charge in [-0.3, -0.25) is 9.80 Å². The van der Waals surface area contributed by atoms with Crippen LogP contribution in [0, 0.1) is 23.7 Å². The Balaban J connectivity index is 1.94. The second-order valence-corrected chi connectivity index (χ2v) is 8.88. The van der Waals surface area contributed by atoms with E-state index in [-0.39, 0.29) is 11.2 Å². The van der Waals surface area contributed by atoms with E-state index in [0.29, 0.717) is 44.1 Å². The number of morpholine rings is 1. The minimum atomic E-state index is -0.405. The van der Waals surface area contributed by atoms with Crippen LogP contribution in [-0.4, -0.2) is 42.1 Å². The van der Waals surface area contributed by atoms with Gasteiger partial charge in [0.2, 0.25) is 0 Å². The first-order valence-corrected chi connectivity index (χ1v) is 10.2. The van der Waals surface area contributed by atoms with E-state index in [1.54, 1.807) is 0 Å². The first-order chi connectivity index (χ1) is 13.8. The second-order valence-electron chi connectivity index (χ2n) is 8.88. The molecule has 0 spiro atoms. The molecule has 152 valence electrons. The Kier molecular flexibility index (Phi) is 4.97. The van der Waals surface area contributed by atoms with E-state index >= 15 is 0 Å². The third-order valence-corrected chi connectivity index (χ3v) is 6.12. The zero-order valence-corrected chi connectivity index (χ0v) is 17.4. The van der Waals surface area contributed by atoms with Gasteiger partial charge in [-0.15, -0.1) is 0 Å². The number of nitrogens with two attached hydrogens (primary N) is 1. The lowest BCUT2D eigenvalue weighted by atomic mass is 9.68. The van der Waals surface area contributed by atoms with Crippen LogP contribution in [0.2, 0.25) is 0 Å². The zero-order chi connectivity index (χ0) is 20.8. The molecule has 1 saturated heterocycles. The number of hydrazine groups is 1. The van der Waals surface area contributed by atoms with E-state index in [1.165, 1.54) is 0 Å². The molecule has 2 heterocycles. The van der Waals surface area contributed by atoms with Gasteiger partial charge in [-0.05, 0) is 29.9 Å². The molecular formula is C23H28N4O2. The summed E-state index contributed by atoms with van der Waals surface area (Å²) in [6.45, 7) is 8.83. The van der Waals surface area contributed by atoms with Crippen LogP contribution in [0.25, 0.3) is 0 Å². The minimum Gasteiger partial charge on any atom is -0.383 e. The molecular weight excluding hydrogens is 364 g/mol. The summed E-state index contributed by atoms with van der Waals surface area (Å²) in [6, 6.07) is 10.3. The van der Waals surface area contributed by atoms with E-state index in [0.717, 1.165) is 28.8 Å². The molecule has 0 unspecified atom stereocenters. The van der Waals surface area contributed by atoms with E-state index in [9.17, 15) is 10.1 Å². The van der Waals surface area contributed by atoms with Crippen molar-refractivity contribution < 1.29 is 9.53 Å². The van der Waals surface area contributed by atoms with Crippen molar-refractivity contribution in [1.29, 1.82) is 5.26 Å². The number of hydrogen-bond donors (Lipinski definition) is 1. The molecule has 3 aliphatic rings. The standard InChI is InChI=1S/C23H28N4O2/c1-15-6-4-5-7-16(15)20-17(14-24)22(25)27(26-8-10-29-11-9-26)18-12-23(2,3)13-19(28)21(18)20/h4-7,20H,8-13,25H2,1-3H3/t20-/m1/s1. The highest BCUT2D eigenvalue weighted by Crippen LogP contribution is 2.49. The summed E-state index contributed by atoms with van der Waals surface area (Å²) < 4.78 is 5.51. The molecule has 0 aromatic heterocycles. The Hall–Kier alpha value is -2.62. The Bertz CT molecular complexity index is 948. The summed E-state index contributed by atoms with van der Waals surface area (Å²) in [4.78, 5) is 13.4. The van der Waals surface area contributed by atoms with Crippen LogP contribution in [0.4, 0.5) is 0 Å². The zero-order valence-electron chi connectivity index (χ0n) is 17.4. The van der Waals surface area contributed by atoms with Gasteiger partial charge in [0.1, 0.15) is 5.82 Å². The second kappa shape index (κ2) is 7.33. The molecule has 1 atom stereocenters. The van der Waals surface area contributed by atoms with Crippen LogP contribution in [-0.2, 0) is 9.53 Å². The normalized spacial score (nSPS) is 25.1. The highest BCUT2D eigenvalue weighted by molar-refractivity contribution is 6.00. The smallest absolute Gasteiger partial charge is 0.162 e. The molecule has 0 radical (unpaired) electrons. The average molecular weight is 393 g/mol. The maximum atomic E-state index is 13.4. The highest BCUT2D eigenvalue weighted by Gasteiger charge is 2.46. The fourth-order valence-electron chi connectivity index (χ4n) is 4.79. The van der Waals surface area contributed by atoms with Crippen LogP contribution in [0.15, 0.2) is 46.9 Å². The Morgan fingerprint density at radius 3 is 2.55 bits per heavy atom. The van der Waals surface area contributed by atoms with Gasteiger partial charge in [0, 0.05) is 30.8 Å². The number of carbonyl (C=O) groups excluding carboxylic acids is 1. The van der Waals surface area contributed by atoms with Crippen LogP contribution in [0.1, 0.15) is 43.7 Å². The number of allylic oxidation sites excluding steroid dienone is 3. The number of hydrogen-bond acceptors (Lipinski definition) is 6. The number of Topliss-reactive ketones (excluding diaryl/α,β-unsaturated/α-hetero) is 1. The number of ketones is 1. The quantitative estimate of drug-likeness (QED) is 0.833. The summed E-state index contributed by atoms with van der Waals surface area (Å²) >= 11 is 0. The van der Waals surface area contributed by atoms with Crippen LogP contribution in [0.5, 0.6) is 0 Å². The monoisotopic (exact) mass is 392 g/mol. The largest absolute Gasteiger partial charge is 0.383 e. The molecule has 1 aromatic rings. The van der Waals surface area contributed by atoms with Gasteiger partial charge in [-0.2, -0.15) is 5.26 Å². The lowest BCUT2D eigenvalue weighted by molar-refractivity contribution is -0.119. The predicted octanol–water partition coefficient (Wildman–Crippen LogP) is 2.98. The van der Waals surface area contributed by atoms with Gasteiger partial charge in [0.05, 0.1) is 30.8 Å². The van der Waals surface area contributed by atoms with Crippen molar-refractivity contribution in [3.05, 3.63) is 58.1 Å². The number of nitriles is 1. The number of benzene rings is 1. The Morgan fingerprint density at radius 1 is 1.21 bits per heavy atom. The van der Waals surface area contributed by atoms with Gasteiger partial charge in [-0.25, -0.2) is 5.01 Å². The van der Waals surface area contributed by atoms with Crippen molar-refractivity contribution in [2.45, 2.75) is 39.5 Å². The van der Waals surface area contributed by atoms with Crippen molar-refractivity contribution in [2.75, 3.05) is 26.3 Å². The first-order valence-electron chi connectivity index (χ1n) is 10.2. The van der Waals surface area contributed by atoms with Gasteiger partial charge in [0.15, 0.2) is 5.78 Å². The maximum absolute atomic E-state index is 13.4. The van der Waals surface area contributed by atoms with Gasteiger partial charge < -0.3 is 10.5 Å². The topological polar surface area (TPSA) is 82.6 Å². The average Bonchev–Trinajstić information content (AvgIpc) is 2.67. The molecule has 4 rings (SSSR count). The third-order valence-electron chi connectivity index (χ3n) is 6.12. The number of ether oxygens (including phenoxy) is 1. The molecule has 0 amide bonds. The van der Waals surface area contributed by atoms with Crippen molar-refractivity contribution >= 4 is 5.78 Å². The molecule has 0 bridgehead atoms. The van der Waals surface area contributed by atoms with E-state index in [4.69, 9.17) is 10.5 Å². The van der Waals surface area contributed by atoms with Crippen LogP contribution < -0.4 is 5.73 Å². The molecule has 1 aromatic carbocycles. The highest BCUT2D eigenvalue weighted by atomic mass is 16.5. The third kappa shape index (κ3) is 3.35. The number of nitrogens with zero attached hydrogens (tertiary/aromatic N) is 3. The first kappa shape index (κ1) is 19.7. The molecule has 6 heteroatoms. The van der Waals surface area contributed by atoms with Crippen molar-refractivity contribution in [2.24, 2.45) is 11.1 Å². The number of rotatable bonds is 2. The summed E-state index contributed by atoms with van der Waals surface area (Å²) in [5.74, 6) is 0.145. The van der Waals surface area contributed by atoms with E-state index < -0.39 is 5.92 Å². The van der Waals surface area contributed by atoms with Crippen molar-refractivity contribution in [1.82, 2.24) is 10.0 Å². The van der Waals surface area contributed by atoms with Crippen LogP contribution in [0.3, 0.4) is 0 Å². The lowest BCUT2D eigenvalue weighted by Gasteiger charge is -2.48. The maximum Gasteiger partial charge on any atom is 0.162 e. The molecule has 0 saturated carbocycles. The van der Waals surface area contributed by atoms with Crippen molar-refractivity contribution in [3.8, 4) is 6.07 Å². The number of carbonyl (C=O) groups is 1. The van der Waals surface area contributed by atoms with Crippen molar-refractivity contribution in [3.63, 3.8) is 0 Å². The van der Waals surface area contributed by atoms with Crippen LogP contribution >= 0.6 is 0 Å². The summed E-state index contributed by atoms with van der Waals surface area (Å²) in [6.07, 6.45) is 1.22. The summed E-state index contributed by atoms with van der Waals surface area (Å²) in [7, 11) is 0. The fourth-order valence-corrected chi connectivity index (χ4v) is 4.79. The van der Waals surface area contributed by atoms with E-state index in [2.05, 4.69) is 24.9 Å². The Labute approximate surface area is 172 Å². The molecule has 29 heavy (non-hydrogen) atoms. The van der Waals surface area contributed by atoms with Gasteiger partial charge in [-0.1, -0.05) is 38.1 Å². The summed E-state index contributed by atoms with van der Waals surface area (Å²) in [5.41, 5.74) is 10.7. The Morgan fingerprint density at radius 2 is 1.90 bits per heavy atom. The van der Waals surface area contributed by atoms with E-state index in [1.807, 2.05) is 36.2 Å².